The summed E-state index contributed by atoms with van der Waals surface area (Å²) in [6.45, 7) is 0. The van der Waals surface area contributed by atoms with Crippen molar-refractivity contribution in [3.05, 3.63) is 54.6 Å². The van der Waals surface area contributed by atoms with E-state index in [1.165, 1.54) is 0 Å². The molecule has 1 aliphatic heterocycles. The minimum absolute atomic E-state index is 0.726. The minimum Gasteiger partial charge on any atom is -0.244 e. The Balaban J connectivity index is 1.93. The molecule has 1 aliphatic carbocycles. The number of fused-ring (bicyclic) bond motifs is 4. The Hall–Kier alpha value is -3.21. The van der Waals surface area contributed by atoms with Gasteiger partial charge in [-0.3, -0.25) is 0 Å². The van der Waals surface area contributed by atoms with Crippen molar-refractivity contribution in [2.75, 3.05) is 0 Å². The molecule has 0 fully saturated rings. The number of benzene rings is 2. The van der Waals surface area contributed by atoms with Crippen LogP contribution in [0.1, 0.15) is 0 Å². The van der Waals surface area contributed by atoms with Crippen molar-refractivity contribution in [3.8, 4) is 11.4 Å². The highest BCUT2D eigenvalue weighted by molar-refractivity contribution is 5.97. The summed E-state index contributed by atoms with van der Waals surface area (Å²) in [7, 11) is 0. The maximum Gasteiger partial charge on any atom is 0.117 e. The first kappa shape index (κ1) is 11.4. The van der Waals surface area contributed by atoms with Crippen LogP contribution >= 0.6 is 0 Å². The molecular weight excluding hydrogens is 274 g/mol. The average Bonchev–Trinajstić information content (AvgIpc) is 2.91. The van der Waals surface area contributed by atoms with E-state index in [0.717, 1.165) is 44.2 Å². The molecule has 2 heterocycles. The number of hydrogen-bond acceptors (Lipinski definition) is 5. The lowest BCUT2D eigenvalue weighted by Gasteiger charge is -2.02. The molecular formula is C17H9N5. The fraction of sp³-hybridized carbons (Fsp3) is 0. The van der Waals surface area contributed by atoms with Crippen molar-refractivity contribution < 1.29 is 0 Å². The van der Waals surface area contributed by atoms with E-state index >= 15 is 0 Å². The number of aromatic nitrogens is 5. The van der Waals surface area contributed by atoms with Gasteiger partial charge in [-0.25, -0.2) is 9.97 Å². The van der Waals surface area contributed by atoms with Gasteiger partial charge in [0.25, 0.3) is 0 Å². The van der Waals surface area contributed by atoms with Crippen molar-refractivity contribution in [1.29, 1.82) is 0 Å². The predicted molar refractivity (Wildman–Crippen MR) is 84.6 cm³/mol. The van der Waals surface area contributed by atoms with E-state index in [0.29, 0.717) is 0 Å². The quantitative estimate of drug-likeness (QED) is 0.408. The summed E-state index contributed by atoms with van der Waals surface area (Å²) in [4.78, 5) is 9.47. The molecule has 0 N–H and O–H groups in total. The molecule has 2 aliphatic rings. The van der Waals surface area contributed by atoms with Crippen LogP contribution < -0.4 is 0 Å². The Bertz CT molecular complexity index is 1130. The number of nitrogens with zero attached hydrogens (tertiary/aromatic N) is 5. The topological polar surface area (TPSA) is 64.5 Å². The SMILES string of the molecule is c1ccc2cc3nc4cc5nnnc-5ccc4nc3cc2c1. The van der Waals surface area contributed by atoms with Crippen LogP contribution in [0.3, 0.4) is 0 Å². The Morgan fingerprint density at radius 2 is 1.18 bits per heavy atom. The van der Waals surface area contributed by atoms with Crippen LogP contribution in [-0.4, -0.2) is 25.4 Å². The van der Waals surface area contributed by atoms with Gasteiger partial charge in [-0.15, -0.1) is 10.2 Å². The second kappa shape index (κ2) is 4.14. The highest BCUT2D eigenvalue weighted by Crippen LogP contribution is 2.24. The summed E-state index contributed by atoms with van der Waals surface area (Å²) in [5, 5.41) is 14.0. The van der Waals surface area contributed by atoms with E-state index in [1.54, 1.807) is 0 Å². The van der Waals surface area contributed by atoms with Gasteiger partial charge in [0.2, 0.25) is 0 Å². The summed E-state index contributed by atoms with van der Waals surface area (Å²) < 4.78 is 0. The molecule has 2 aromatic carbocycles. The molecule has 0 saturated carbocycles. The van der Waals surface area contributed by atoms with Gasteiger partial charge in [-0.2, -0.15) is 0 Å². The van der Waals surface area contributed by atoms with Crippen LogP contribution in [0.25, 0.3) is 44.2 Å². The lowest BCUT2D eigenvalue weighted by Crippen LogP contribution is -1.86. The Labute approximate surface area is 125 Å². The molecule has 5 heteroatoms. The van der Waals surface area contributed by atoms with Crippen LogP contribution in [0.15, 0.2) is 54.6 Å². The Morgan fingerprint density at radius 1 is 0.545 bits per heavy atom. The van der Waals surface area contributed by atoms with Gasteiger partial charge in [-0.1, -0.05) is 24.3 Å². The molecule has 0 unspecified atom stereocenters. The Kier molecular flexibility index (Phi) is 2.16. The van der Waals surface area contributed by atoms with Gasteiger partial charge in [0, 0.05) is 0 Å². The minimum atomic E-state index is 0.726. The van der Waals surface area contributed by atoms with Gasteiger partial charge in [0.15, 0.2) is 0 Å². The standard InChI is InChI=1S/C17H9N5/c1-2-4-11-8-15-14(7-10(11)3-1)18-12-5-6-13-17(21-22-20-13)9-16(12)19-15/h1-9H. The lowest BCUT2D eigenvalue weighted by atomic mass is 10.1. The smallest absolute Gasteiger partial charge is 0.117 e. The van der Waals surface area contributed by atoms with Gasteiger partial charge in [0.05, 0.1) is 22.1 Å². The van der Waals surface area contributed by atoms with Crippen molar-refractivity contribution in [1.82, 2.24) is 25.4 Å². The summed E-state index contributed by atoms with van der Waals surface area (Å²) in [6.07, 6.45) is 0. The third-order valence-corrected chi connectivity index (χ3v) is 3.83. The molecule has 0 amide bonds. The maximum absolute atomic E-state index is 4.74. The second-order valence-electron chi connectivity index (χ2n) is 5.22. The highest BCUT2D eigenvalue weighted by atomic mass is 15.3. The van der Waals surface area contributed by atoms with Gasteiger partial charge >= 0.3 is 0 Å². The van der Waals surface area contributed by atoms with Gasteiger partial charge in [-0.05, 0) is 46.3 Å². The normalized spacial score (nSPS) is 11.6. The summed E-state index contributed by atoms with van der Waals surface area (Å²) >= 11 is 0. The molecule has 0 atom stereocenters. The maximum atomic E-state index is 4.74. The van der Waals surface area contributed by atoms with Crippen LogP contribution in [-0.2, 0) is 0 Å². The third kappa shape index (κ3) is 1.62. The first-order valence-electron chi connectivity index (χ1n) is 6.96. The van der Waals surface area contributed by atoms with E-state index in [9.17, 15) is 0 Å². The zero-order chi connectivity index (χ0) is 14.5. The summed E-state index contributed by atoms with van der Waals surface area (Å²) in [5.74, 6) is 0. The molecule has 5 nitrogen and oxygen atoms in total. The molecule has 1 aromatic heterocycles. The third-order valence-electron chi connectivity index (χ3n) is 3.83. The summed E-state index contributed by atoms with van der Waals surface area (Å²) in [5.41, 5.74) is 4.84. The van der Waals surface area contributed by atoms with Crippen LogP contribution in [0, 0.1) is 0 Å². The molecule has 0 radical (unpaired) electrons. The largest absolute Gasteiger partial charge is 0.244 e. The van der Waals surface area contributed by atoms with Crippen LogP contribution in [0.2, 0.25) is 0 Å². The predicted octanol–water partition coefficient (Wildman–Crippen LogP) is 3.23. The first-order chi connectivity index (χ1) is 10.9. The van der Waals surface area contributed by atoms with Gasteiger partial charge in [0.1, 0.15) is 11.4 Å². The van der Waals surface area contributed by atoms with E-state index in [-0.39, 0.29) is 0 Å². The van der Waals surface area contributed by atoms with E-state index in [4.69, 9.17) is 9.97 Å². The molecule has 0 bridgehead atoms. The van der Waals surface area contributed by atoms with Crippen molar-refractivity contribution in [3.63, 3.8) is 0 Å². The molecule has 102 valence electrons. The molecule has 5 rings (SSSR count). The molecule has 22 heavy (non-hydrogen) atoms. The zero-order valence-corrected chi connectivity index (χ0v) is 11.4. The fourth-order valence-corrected chi connectivity index (χ4v) is 2.73. The van der Waals surface area contributed by atoms with E-state index in [2.05, 4.69) is 39.7 Å². The van der Waals surface area contributed by atoms with Crippen LogP contribution in [0.4, 0.5) is 0 Å². The number of hydrogen-bond donors (Lipinski definition) is 0. The van der Waals surface area contributed by atoms with Crippen LogP contribution in [0.5, 0.6) is 0 Å². The first-order valence-corrected chi connectivity index (χ1v) is 6.96. The zero-order valence-electron chi connectivity index (χ0n) is 11.4. The van der Waals surface area contributed by atoms with E-state index in [1.807, 2.05) is 30.3 Å². The van der Waals surface area contributed by atoms with Crippen molar-refractivity contribution >= 4 is 32.8 Å². The number of rotatable bonds is 0. The second-order valence-corrected chi connectivity index (χ2v) is 5.22. The van der Waals surface area contributed by atoms with E-state index < -0.39 is 0 Å². The Morgan fingerprint density at radius 3 is 1.95 bits per heavy atom. The summed E-state index contributed by atoms with van der Waals surface area (Å²) in [6, 6.07) is 18.0. The molecule has 3 aromatic rings. The molecule has 0 saturated heterocycles. The average molecular weight is 283 g/mol. The van der Waals surface area contributed by atoms with Crippen molar-refractivity contribution in [2.45, 2.75) is 0 Å². The monoisotopic (exact) mass is 283 g/mol. The highest BCUT2D eigenvalue weighted by Gasteiger charge is 2.09. The molecule has 0 spiro atoms. The lowest BCUT2D eigenvalue weighted by molar-refractivity contribution is 0.952. The fourth-order valence-electron chi connectivity index (χ4n) is 2.73. The van der Waals surface area contributed by atoms with Gasteiger partial charge < -0.3 is 0 Å². The van der Waals surface area contributed by atoms with Crippen molar-refractivity contribution in [2.24, 2.45) is 0 Å².